The Morgan fingerprint density at radius 1 is 1.16 bits per heavy atom. The zero-order valence-electron chi connectivity index (χ0n) is 17.6. The Labute approximate surface area is 186 Å². The maximum Gasteiger partial charge on any atom is 0.262 e. The smallest absolute Gasteiger partial charge is 0.262 e. The third-order valence-electron chi connectivity index (χ3n) is 6.28. The summed E-state index contributed by atoms with van der Waals surface area (Å²) in [6, 6.07) is 17.4. The highest BCUT2D eigenvalue weighted by molar-refractivity contribution is 5.97. The molecule has 1 spiro atoms. The molecule has 2 aromatic carbocycles. The molecule has 32 heavy (non-hydrogen) atoms. The second-order valence-corrected chi connectivity index (χ2v) is 8.33. The van der Waals surface area contributed by atoms with Gasteiger partial charge in [-0.3, -0.25) is 9.69 Å². The Morgan fingerprint density at radius 2 is 1.91 bits per heavy atom. The van der Waals surface area contributed by atoms with Gasteiger partial charge in [-0.1, -0.05) is 36.4 Å². The largest absolute Gasteiger partial charge is 0.399 e. The first-order valence-corrected chi connectivity index (χ1v) is 10.8. The number of benzene rings is 2. The number of carbonyl (C=O) groups is 1. The summed E-state index contributed by atoms with van der Waals surface area (Å²) in [5.74, 6) is -0.100. The SMILES string of the molecule is Nc1ccnc(N(Cc2ccc(F)cc2)C(=O)C2OC3(CCNCC3)c3ccccc32)c1. The van der Waals surface area contributed by atoms with E-state index in [1.807, 2.05) is 18.2 Å². The normalized spacial score (nSPS) is 19.0. The van der Waals surface area contributed by atoms with Gasteiger partial charge < -0.3 is 15.8 Å². The van der Waals surface area contributed by atoms with Crippen molar-refractivity contribution in [3.8, 4) is 0 Å². The lowest BCUT2D eigenvalue weighted by Crippen LogP contribution is -2.41. The highest BCUT2D eigenvalue weighted by Crippen LogP contribution is 2.49. The van der Waals surface area contributed by atoms with Crippen LogP contribution in [0.5, 0.6) is 0 Å². The Kier molecular flexibility index (Phi) is 5.36. The Balaban J connectivity index is 1.53. The van der Waals surface area contributed by atoms with Crippen molar-refractivity contribution in [3.05, 3.63) is 89.4 Å². The maximum absolute atomic E-state index is 13.9. The van der Waals surface area contributed by atoms with Crippen molar-refractivity contribution in [2.24, 2.45) is 0 Å². The molecular weight excluding hydrogens is 407 g/mol. The topological polar surface area (TPSA) is 80.5 Å². The van der Waals surface area contributed by atoms with Gasteiger partial charge in [0.1, 0.15) is 11.6 Å². The van der Waals surface area contributed by atoms with Crippen LogP contribution < -0.4 is 16.0 Å². The number of nitrogens with zero attached hydrogens (tertiary/aromatic N) is 2. The minimum atomic E-state index is -0.743. The molecule has 1 amide bonds. The summed E-state index contributed by atoms with van der Waals surface area (Å²) in [7, 11) is 0. The highest BCUT2D eigenvalue weighted by atomic mass is 19.1. The van der Waals surface area contributed by atoms with Crippen molar-refractivity contribution >= 4 is 17.4 Å². The fourth-order valence-corrected chi connectivity index (χ4v) is 4.66. The number of anilines is 2. The molecule has 3 N–H and O–H groups in total. The van der Waals surface area contributed by atoms with Crippen molar-refractivity contribution < 1.29 is 13.9 Å². The number of nitrogen functional groups attached to an aromatic ring is 1. The van der Waals surface area contributed by atoms with E-state index in [0.29, 0.717) is 11.5 Å². The molecule has 0 aliphatic carbocycles. The van der Waals surface area contributed by atoms with E-state index < -0.39 is 11.7 Å². The highest BCUT2D eigenvalue weighted by Gasteiger charge is 2.48. The molecule has 1 atom stereocenters. The van der Waals surface area contributed by atoms with E-state index in [9.17, 15) is 9.18 Å². The molecule has 2 aliphatic heterocycles. The molecule has 3 aromatic rings. The number of pyridine rings is 1. The number of fused-ring (bicyclic) bond motifs is 2. The van der Waals surface area contributed by atoms with E-state index in [2.05, 4.69) is 16.4 Å². The summed E-state index contributed by atoms with van der Waals surface area (Å²) >= 11 is 0. The molecular formula is C25H25FN4O2. The second-order valence-electron chi connectivity index (χ2n) is 8.33. The minimum absolute atomic E-state index is 0.213. The van der Waals surface area contributed by atoms with Gasteiger partial charge in [0.05, 0.1) is 12.1 Å². The van der Waals surface area contributed by atoms with E-state index in [4.69, 9.17) is 10.5 Å². The number of nitrogens with one attached hydrogen (secondary N) is 1. The zero-order chi connectivity index (χ0) is 22.1. The van der Waals surface area contributed by atoms with Crippen molar-refractivity contribution in [1.29, 1.82) is 0 Å². The van der Waals surface area contributed by atoms with E-state index in [1.165, 1.54) is 12.1 Å². The van der Waals surface area contributed by atoms with Crippen LogP contribution in [0.15, 0.2) is 66.9 Å². The fraction of sp³-hybridized carbons (Fsp3) is 0.280. The monoisotopic (exact) mass is 432 g/mol. The third-order valence-corrected chi connectivity index (χ3v) is 6.28. The molecule has 1 aromatic heterocycles. The molecule has 6 nitrogen and oxygen atoms in total. The molecule has 1 saturated heterocycles. The fourth-order valence-electron chi connectivity index (χ4n) is 4.66. The summed E-state index contributed by atoms with van der Waals surface area (Å²) in [4.78, 5) is 19.9. The first-order valence-electron chi connectivity index (χ1n) is 10.8. The van der Waals surface area contributed by atoms with Gasteiger partial charge in [0.2, 0.25) is 0 Å². The van der Waals surface area contributed by atoms with E-state index in [0.717, 1.165) is 42.6 Å². The molecule has 0 bridgehead atoms. The van der Waals surface area contributed by atoms with Gasteiger partial charge in [-0.05, 0) is 60.8 Å². The van der Waals surface area contributed by atoms with Crippen molar-refractivity contribution in [2.45, 2.75) is 31.1 Å². The lowest BCUT2D eigenvalue weighted by atomic mass is 9.84. The van der Waals surface area contributed by atoms with Gasteiger partial charge >= 0.3 is 0 Å². The average molecular weight is 432 g/mol. The van der Waals surface area contributed by atoms with Crippen LogP contribution in [-0.4, -0.2) is 24.0 Å². The average Bonchev–Trinajstić information content (AvgIpc) is 3.13. The molecule has 7 heteroatoms. The summed E-state index contributed by atoms with van der Waals surface area (Å²) in [6.45, 7) is 1.91. The Bertz CT molecular complexity index is 1130. The number of rotatable bonds is 4. The quantitative estimate of drug-likeness (QED) is 0.657. The van der Waals surface area contributed by atoms with Crippen molar-refractivity contribution in [2.75, 3.05) is 23.7 Å². The van der Waals surface area contributed by atoms with Crippen LogP contribution in [0.1, 0.15) is 35.6 Å². The van der Waals surface area contributed by atoms with Crippen LogP contribution in [0.3, 0.4) is 0 Å². The molecule has 1 unspecified atom stereocenters. The van der Waals surface area contributed by atoms with Crippen LogP contribution in [0.25, 0.3) is 0 Å². The molecule has 5 rings (SSSR count). The standard InChI is InChI=1S/C25H25FN4O2/c26-18-7-5-17(6-8-18)16-30(22-15-19(27)9-12-29-22)24(31)23-20-3-1-2-4-21(20)25(32-23)10-13-28-14-11-25/h1-9,12,15,23,28H,10-11,13-14,16H2,(H2,27,29). The molecule has 1 fully saturated rings. The number of hydrogen-bond donors (Lipinski definition) is 2. The number of nitrogens with two attached hydrogens (primary N) is 1. The van der Waals surface area contributed by atoms with Gasteiger partial charge in [0.15, 0.2) is 6.10 Å². The summed E-state index contributed by atoms with van der Waals surface area (Å²) in [5, 5.41) is 3.37. The van der Waals surface area contributed by atoms with Gasteiger partial charge in [0.25, 0.3) is 5.91 Å². The number of carbonyl (C=O) groups excluding carboxylic acids is 1. The molecule has 2 aliphatic rings. The van der Waals surface area contributed by atoms with Crippen LogP contribution in [0.2, 0.25) is 0 Å². The van der Waals surface area contributed by atoms with Crippen LogP contribution in [-0.2, 0) is 21.7 Å². The number of ether oxygens (including phenoxy) is 1. The van der Waals surface area contributed by atoms with E-state index in [-0.39, 0.29) is 18.3 Å². The summed E-state index contributed by atoms with van der Waals surface area (Å²) in [5.41, 5.74) is 8.79. The van der Waals surface area contributed by atoms with Crippen molar-refractivity contribution in [1.82, 2.24) is 10.3 Å². The lowest BCUT2D eigenvalue weighted by molar-refractivity contribution is -0.145. The third kappa shape index (κ3) is 3.74. The number of hydrogen-bond acceptors (Lipinski definition) is 5. The molecule has 0 radical (unpaired) electrons. The molecule has 0 saturated carbocycles. The zero-order valence-corrected chi connectivity index (χ0v) is 17.6. The number of halogens is 1. The van der Waals surface area contributed by atoms with Gasteiger partial charge in [-0.2, -0.15) is 0 Å². The van der Waals surface area contributed by atoms with Crippen molar-refractivity contribution in [3.63, 3.8) is 0 Å². The predicted molar refractivity (Wildman–Crippen MR) is 120 cm³/mol. The molecule has 3 heterocycles. The number of amides is 1. The van der Waals surface area contributed by atoms with E-state index in [1.54, 1.807) is 35.4 Å². The van der Waals surface area contributed by atoms with Crippen LogP contribution in [0, 0.1) is 5.82 Å². The van der Waals surface area contributed by atoms with Crippen LogP contribution >= 0.6 is 0 Å². The predicted octanol–water partition coefficient (Wildman–Crippen LogP) is 3.69. The van der Waals surface area contributed by atoms with Gasteiger partial charge in [-0.15, -0.1) is 0 Å². The van der Waals surface area contributed by atoms with Gasteiger partial charge in [-0.25, -0.2) is 9.37 Å². The van der Waals surface area contributed by atoms with Crippen LogP contribution in [0.4, 0.5) is 15.9 Å². The Hall–Kier alpha value is -3.29. The first kappa shape index (κ1) is 20.6. The maximum atomic E-state index is 13.9. The lowest BCUT2D eigenvalue weighted by Gasteiger charge is -2.35. The first-order chi connectivity index (χ1) is 15.6. The Morgan fingerprint density at radius 3 is 2.66 bits per heavy atom. The van der Waals surface area contributed by atoms with Gasteiger partial charge in [0, 0.05) is 18.0 Å². The number of aromatic nitrogens is 1. The summed E-state index contributed by atoms with van der Waals surface area (Å²) in [6.07, 6.45) is 2.45. The summed E-state index contributed by atoms with van der Waals surface area (Å²) < 4.78 is 20.0. The number of piperidine rings is 1. The molecule has 164 valence electrons. The van der Waals surface area contributed by atoms with E-state index >= 15 is 0 Å². The second kappa shape index (κ2) is 8.33. The minimum Gasteiger partial charge on any atom is -0.399 e.